The van der Waals surface area contributed by atoms with Crippen molar-refractivity contribution in [3.8, 4) is 17.6 Å². The van der Waals surface area contributed by atoms with Gasteiger partial charge in [0.15, 0.2) is 6.04 Å². The minimum Gasteiger partial charge on any atom is -0.497 e. The molecule has 0 aliphatic carbocycles. The molecule has 0 saturated carbocycles. The molecule has 132 valence electrons. The minimum absolute atomic E-state index is 0.0667. The van der Waals surface area contributed by atoms with Crippen LogP contribution in [0.3, 0.4) is 0 Å². The van der Waals surface area contributed by atoms with Gasteiger partial charge in [-0.05, 0) is 36.4 Å². The molecule has 0 amide bonds. The molecule has 2 aromatic carbocycles. The first kappa shape index (κ1) is 18.6. The van der Waals surface area contributed by atoms with E-state index in [0.717, 1.165) is 0 Å². The molecule has 1 atom stereocenters. The van der Waals surface area contributed by atoms with Gasteiger partial charge in [0, 0.05) is 11.3 Å². The van der Waals surface area contributed by atoms with E-state index in [4.69, 9.17) is 4.74 Å². The van der Waals surface area contributed by atoms with Crippen molar-refractivity contribution in [1.29, 1.82) is 0 Å². The summed E-state index contributed by atoms with van der Waals surface area (Å²) in [6, 6.07) is 11.0. The molecule has 0 aliphatic heterocycles. The topological polar surface area (TPSA) is 21.3 Å². The van der Waals surface area contributed by atoms with Gasteiger partial charge in [0.25, 0.3) is 0 Å². The first-order chi connectivity index (χ1) is 11.7. The van der Waals surface area contributed by atoms with E-state index in [9.17, 15) is 22.0 Å². The van der Waals surface area contributed by atoms with Crippen LogP contribution in [-0.2, 0) is 0 Å². The Labute approximate surface area is 141 Å². The zero-order chi connectivity index (χ0) is 18.5. The van der Waals surface area contributed by atoms with Gasteiger partial charge in [0.05, 0.1) is 7.11 Å². The van der Waals surface area contributed by atoms with Crippen LogP contribution in [0.25, 0.3) is 0 Å². The Morgan fingerprint density at radius 2 is 1.52 bits per heavy atom. The van der Waals surface area contributed by atoms with Crippen molar-refractivity contribution in [2.75, 3.05) is 12.4 Å². The number of hydrogen-bond acceptors (Lipinski definition) is 2. The molecule has 0 aromatic heterocycles. The molecule has 25 heavy (non-hydrogen) atoms. The first-order valence-electron chi connectivity index (χ1n) is 7.16. The second-order valence-electron chi connectivity index (χ2n) is 5.06. The summed E-state index contributed by atoms with van der Waals surface area (Å²) in [5.74, 6) is -0.242. The number of alkyl halides is 5. The molecular weight excluding hydrogens is 341 g/mol. The second kappa shape index (κ2) is 7.43. The highest BCUT2D eigenvalue weighted by molar-refractivity contribution is 5.50. The summed E-state index contributed by atoms with van der Waals surface area (Å²) in [5.41, 5.74) is 0.402. The SMILES string of the molecule is COc1ccc(NC(C#Cc2ccccc2)C(F)(F)C(F)(F)F)cc1. The van der Waals surface area contributed by atoms with Crippen molar-refractivity contribution in [2.24, 2.45) is 0 Å². The Balaban J connectivity index is 2.33. The van der Waals surface area contributed by atoms with Gasteiger partial charge in [0.2, 0.25) is 0 Å². The summed E-state index contributed by atoms with van der Waals surface area (Å²) in [6.07, 6.45) is -5.73. The number of hydrogen-bond donors (Lipinski definition) is 1. The third kappa shape index (κ3) is 4.63. The van der Waals surface area contributed by atoms with Crippen LogP contribution in [0.1, 0.15) is 5.56 Å². The fraction of sp³-hybridized carbons (Fsp3) is 0.222. The summed E-state index contributed by atoms with van der Waals surface area (Å²) in [4.78, 5) is 0. The van der Waals surface area contributed by atoms with E-state index in [0.29, 0.717) is 11.3 Å². The molecule has 0 aliphatic rings. The van der Waals surface area contributed by atoms with E-state index in [1.165, 1.54) is 43.5 Å². The van der Waals surface area contributed by atoms with E-state index in [1.54, 1.807) is 18.2 Å². The van der Waals surface area contributed by atoms with E-state index in [1.807, 2.05) is 5.92 Å². The van der Waals surface area contributed by atoms with Crippen LogP contribution in [0.5, 0.6) is 5.75 Å². The van der Waals surface area contributed by atoms with Gasteiger partial charge in [0.1, 0.15) is 5.75 Å². The highest BCUT2D eigenvalue weighted by Crippen LogP contribution is 2.39. The molecule has 1 N–H and O–H groups in total. The number of rotatable bonds is 4. The Morgan fingerprint density at radius 1 is 0.920 bits per heavy atom. The Hall–Kier alpha value is -2.75. The summed E-state index contributed by atoms with van der Waals surface area (Å²) in [7, 11) is 1.41. The van der Waals surface area contributed by atoms with Crippen molar-refractivity contribution in [1.82, 2.24) is 0 Å². The van der Waals surface area contributed by atoms with Gasteiger partial charge in [-0.1, -0.05) is 30.0 Å². The van der Waals surface area contributed by atoms with Gasteiger partial charge < -0.3 is 10.1 Å². The molecule has 0 bridgehead atoms. The number of anilines is 1. The fourth-order valence-corrected chi connectivity index (χ4v) is 1.91. The van der Waals surface area contributed by atoms with E-state index in [2.05, 4.69) is 11.2 Å². The predicted molar refractivity (Wildman–Crippen MR) is 84.7 cm³/mol. The molecule has 2 aromatic rings. The number of nitrogens with one attached hydrogen (secondary N) is 1. The second-order valence-corrected chi connectivity index (χ2v) is 5.06. The number of ether oxygens (including phenoxy) is 1. The van der Waals surface area contributed by atoms with E-state index in [-0.39, 0.29) is 5.69 Å². The van der Waals surface area contributed by atoms with Crippen molar-refractivity contribution in [3.63, 3.8) is 0 Å². The lowest BCUT2D eigenvalue weighted by Gasteiger charge is -2.26. The number of halogens is 5. The molecule has 0 radical (unpaired) electrons. The van der Waals surface area contributed by atoms with Crippen LogP contribution in [0.2, 0.25) is 0 Å². The van der Waals surface area contributed by atoms with Crippen LogP contribution < -0.4 is 10.1 Å². The van der Waals surface area contributed by atoms with Crippen molar-refractivity contribution < 1.29 is 26.7 Å². The third-order valence-electron chi connectivity index (χ3n) is 3.28. The highest BCUT2D eigenvalue weighted by Gasteiger charge is 2.62. The minimum atomic E-state index is -5.73. The molecule has 0 saturated heterocycles. The quantitative estimate of drug-likeness (QED) is 0.633. The normalized spacial score (nSPS) is 12.7. The molecule has 1 unspecified atom stereocenters. The lowest BCUT2D eigenvalue weighted by atomic mass is 10.1. The van der Waals surface area contributed by atoms with Crippen molar-refractivity contribution in [2.45, 2.75) is 18.1 Å². The lowest BCUT2D eigenvalue weighted by Crippen LogP contribution is -2.50. The van der Waals surface area contributed by atoms with Gasteiger partial charge in [-0.25, -0.2) is 0 Å². The largest absolute Gasteiger partial charge is 0.497 e. The van der Waals surface area contributed by atoms with Gasteiger partial charge in [-0.3, -0.25) is 0 Å². The summed E-state index contributed by atoms with van der Waals surface area (Å²) in [5, 5.41) is 2.15. The van der Waals surface area contributed by atoms with Gasteiger partial charge in [-0.15, -0.1) is 0 Å². The maximum Gasteiger partial charge on any atom is 0.456 e. The number of benzene rings is 2. The zero-order valence-corrected chi connectivity index (χ0v) is 13.1. The standard InChI is InChI=1S/C18H14F5NO/c1-25-15-10-8-14(9-11-15)24-16(17(19,20)18(21,22)23)12-7-13-5-3-2-4-6-13/h2-6,8-11,16,24H,1H3. The summed E-state index contributed by atoms with van der Waals surface area (Å²) < 4.78 is 70.8. The average Bonchev–Trinajstić information content (AvgIpc) is 2.59. The summed E-state index contributed by atoms with van der Waals surface area (Å²) in [6.45, 7) is 0. The van der Waals surface area contributed by atoms with Crippen molar-refractivity contribution >= 4 is 5.69 Å². The molecular formula is C18H14F5NO. The smallest absolute Gasteiger partial charge is 0.456 e. The molecule has 0 heterocycles. The number of methoxy groups -OCH3 is 1. The molecule has 2 rings (SSSR count). The maximum absolute atomic E-state index is 13.8. The maximum atomic E-state index is 13.8. The highest BCUT2D eigenvalue weighted by atomic mass is 19.4. The third-order valence-corrected chi connectivity index (χ3v) is 3.28. The zero-order valence-electron chi connectivity index (χ0n) is 13.1. The Morgan fingerprint density at radius 3 is 2.04 bits per heavy atom. The fourth-order valence-electron chi connectivity index (χ4n) is 1.91. The van der Waals surface area contributed by atoms with Crippen LogP contribution >= 0.6 is 0 Å². The lowest BCUT2D eigenvalue weighted by molar-refractivity contribution is -0.282. The van der Waals surface area contributed by atoms with Crippen LogP contribution in [-0.4, -0.2) is 25.3 Å². The monoisotopic (exact) mass is 355 g/mol. The Kier molecular flexibility index (Phi) is 5.52. The van der Waals surface area contributed by atoms with E-state index < -0.39 is 18.1 Å². The van der Waals surface area contributed by atoms with Crippen molar-refractivity contribution in [3.05, 3.63) is 60.2 Å². The van der Waals surface area contributed by atoms with Crippen LogP contribution in [0.4, 0.5) is 27.6 Å². The first-order valence-corrected chi connectivity index (χ1v) is 7.16. The summed E-state index contributed by atoms with van der Waals surface area (Å²) >= 11 is 0. The van der Waals surface area contributed by atoms with E-state index >= 15 is 0 Å². The van der Waals surface area contributed by atoms with Gasteiger partial charge in [-0.2, -0.15) is 22.0 Å². The van der Waals surface area contributed by atoms with Gasteiger partial charge >= 0.3 is 12.1 Å². The average molecular weight is 355 g/mol. The molecule has 0 spiro atoms. The van der Waals surface area contributed by atoms with Crippen LogP contribution in [0, 0.1) is 11.8 Å². The van der Waals surface area contributed by atoms with Crippen LogP contribution in [0.15, 0.2) is 54.6 Å². The predicted octanol–water partition coefficient (Wildman–Crippen LogP) is 4.73. The molecule has 2 nitrogen and oxygen atoms in total. The Bertz CT molecular complexity index is 745. The molecule has 0 fully saturated rings. The molecule has 7 heteroatoms.